The molecule has 0 aliphatic heterocycles. The third-order valence-electron chi connectivity index (χ3n) is 2.77. The monoisotopic (exact) mass is 245 g/mol. The van der Waals surface area contributed by atoms with E-state index in [1.807, 2.05) is 19.2 Å². The van der Waals surface area contributed by atoms with E-state index in [9.17, 15) is 0 Å². The van der Waals surface area contributed by atoms with E-state index >= 15 is 0 Å². The Kier molecular flexibility index (Phi) is 3.20. The van der Waals surface area contributed by atoms with Gasteiger partial charge in [-0.1, -0.05) is 32.9 Å². The fraction of sp³-hybridized carbons (Fsp3) is 0.500. The van der Waals surface area contributed by atoms with Gasteiger partial charge in [0.15, 0.2) is 5.76 Å². The molecule has 0 bridgehead atoms. The summed E-state index contributed by atoms with van der Waals surface area (Å²) in [7, 11) is 0. The van der Waals surface area contributed by atoms with E-state index in [-0.39, 0.29) is 5.41 Å². The first kappa shape index (κ1) is 12.7. The Hall–Kier alpha value is -1.71. The third-order valence-corrected chi connectivity index (χ3v) is 2.77. The van der Waals surface area contributed by atoms with Crippen LogP contribution in [0.15, 0.2) is 16.8 Å². The second kappa shape index (κ2) is 4.52. The molecule has 0 saturated heterocycles. The molecule has 0 N–H and O–H groups in total. The Bertz CT molecular complexity index is 552. The van der Waals surface area contributed by atoms with Crippen molar-refractivity contribution in [1.82, 2.24) is 15.1 Å². The standard InChI is InChI=1S/C14H19N3O/c1-6-11-10(12-7-9(2)17-18-12)8-15-13(16-11)14(3,4)5/h7-8H,6H2,1-5H3. The normalized spacial score (nSPS) is 11.8. The topological polar surface area (TPSA) is 51.8 Å². The zero-order chi connectivity index (χ0) is 13.3. The van der Waals surface area contributed by atoms with Gasteiger partial charge in [-0.3, -0.25) is 0 Å². The number of hydrogen-bond donors (Lipinski definition) is 0. The lowest BCUT2D eigenvalue weighted by Crippen LogP contribution is -2.17. The Morgan fingerprint density at radius 2 is 2.00 bits per heavy atom. The highest BCUT2D eigenvalue weighted by Gasteiger charge is 2.20. The van der Waals surface area contributed by atoms with Crippen LogP contribution in [0.25, 0.3) is 11.3 Å². The van der Waals surface area contributed by atoms with Crippen LogP contribution in [0.5, 0.6) is 0 Å². The molecule has 4 heteroatoms. The fourth-order valence-electron chi connectivity index (χ4n) is 1.74. The average molecular weight is 245 g/mol. The van der Waals surface area contributed by atoms with Gasteiger partial charge in [0.25, 0.3) is 0 Å². The van der Waals surface area contributed by atoms with Crippen LogP contribution < -0.4 is 0 Å². The van der Waals surface area contributed by atoms with Crippen LogP contribution >= 0.6 is 0 Å². The number of nitrogens with zero attached hydrogens (tertiary/aromatic N) is 3. The highest BCUT2D eigenvalue weighted by atomic mass is 16.5. The molecule has 0 atom stereocenters. The molecule has 0 radical (unpaired) electrons. The molecule has 0 aliphatic rings. The van der Waals surface area contributed by atoms with Gasteiger partial charge in [-0.05, 0) is 13.3 Å². The Morgan fingerprint density at radius 3 is 2.50 bits per heavy atom. The largest absolute Gasteiger partial charge is 0.356 e. The Balaban J connectivity index is 2.50. The second-order valence-electron chi connectivity index (χ2n) is 5.49. The lowest BCUT2D eigenvalue weighted by atomic mass is 9.95. The quantitative estimate of drug-likeness (QED) is 0.814. The summed E-state index contributed by atoms with van der Waals surface area (Å²) >= 11 is 0. The van der Waals surface area contributed by atoms with Crippen molar-refractivity contribution >= 4 is 0 Å². The maximum Gasteiger partial charge on any atom is 0.170 e. The molecule has 0 aromatic carbocycles. The van der Waals surface area contributed by atoms with Crippen molar-refractivity contribution in [1.29, 1.82) is 0 Å². The van der Waals surface area contributed by atoms with Gasteiger partial charge >= 0.3 is 0 Å². The average Bonchev–Trinajstić information content (AvgIpc) is 2.73. The van der Waals surface area contributed by atoms with Crippen molar-refractivity contribution in [2.24, 2.45) is 0 Å². The maximum absolute atomic E-state index is 5.29. The van der Waals surface area contributed by atoms with E-state index in [0.717, 1.165) is 35.0 Å². The Labute approximate surface area is 107 Å². The molecule has 0 unspecified atom stereocenters. The molecule has 0 fully saturated rings. The van der Waals surface area contributed by atoms with Gasteiger partial charge in [0.05, 0.1) is 17.0 Å². The molecule has 2 heterocycles. The van der Waals surface area contributed by atoms with Crippen LogP contribution in [0.4, 0.5) is 0 Å². The molecule has 0 spiro atoms. The van der Waals surface area contributed by atoms with Crippen molar-refractivity contribution in [3.8, 4) is 11.3 Å². The van der Waals surface area contributed by atoms with E-state index in [2.05, 4.69) is 42.8 Å². The summed E-state index contributed by atoms with van der Waals surface area (Å²) in [5.41, 5.74) is 2.77. The minimum absolute atomic E-state index is 0.0419. The van der Waals surface area contributed by atoms with E-state index < -0.39 is 0 Å². The minimum atomic E-state index is -0.0419. The molecule has 2 aromatic heterocycles. The summed E-state index contributed by atoms with van der Waals surface area (Å²) in [6.07, 6.45) is 2.69. The van der Waals surface area contributed by atoms with Gasteiger partial charge in [-0.25, -0.2) is 9.97 Å². The highest BCUT2D eigenvalue weighted by Crippen LogP contribution is 2.26. The molecular formula is C14H19N3O. The molecule has 0 saturated carbocycles. The van der Waals surface area contributed by atoms with Crippen molar-refractivity contribution in [3.63, 3.8) is 0 Å². The van der Waals surface area contributed by atoms with Gasteiger partial charge < -0.3 is 4.52 Å². The first-order chi connectivity index (χ1) is 8.41. The highest BCUT2D eigenvalue weighted by molar-refractivity contribution is 5.59. The number of aromatic nitrogens is 3. The predicted octanol–water partition coefficient (Wildman–Crippen LogP) is 3.30. The van der Waals surface area contributed by atoms with Crippen LogP contribution in [0.1, 0.15) is 44.9 Å². The maximum atomic E-state index is 5.29. The second-order valence-corrected chi connectivity index (χ2v) is 5.49. The summed E-state index contributed by atoms with van der Waals surface area (Å²) in [6.45, 7) is 10.3. The van der Waals surface area contributed by atoms with Gasteiger partial charge in [-0.15, -0.1) is 0 Å². The summed E-state index contributed by atoms with van der Waals surface area (Å²) < 4.78 is 5.29. The zero-order valence-corrected chi connectivity index (χ0v) is 11.6. The van der Waals surface area contributed by atoms with Crippen molar-refractivity contribution in [3.05, 3.63) is 29.5 Å². The Morgan fingerprint density at radius 1 is 1.28 bits per heavy atom. The third kappa shape index (κ3) is 2.42. The molecule has 4 nitrogen and oxygen atoms in total. The van der Waals surface area contributed by atoms with Gasteiger partial charge in [0, 0.05) is 17.7 Å². The van der Waals surface area contributed by atoms with Crippen LogP contribution in [-0.4, -0.2) is 15.1 Å². The van der Waals surface area contributed by atoms with E-state index in [1.54, 1.807) is 0 Å². The zero-order valence-electron chi connectivity index (χ0n) is 11.6. The lowest BCUT2D eigenvalue weighted by Gasteiger charge is -2.17. The number of rotatable bonds is 2. The lowest BCUT2D eigenvalue weighted by molar-refractivity contribution is 0.426. The van der Waals surface area contributed by atoms with Gasteiger partial charge in [-0.2, -0.15) is 0 Å². The van der Waals surface area contributed by atoms with Crippen molar-refractivity contribution in [2.45, 2.75) is 46.5 Å². The minimum Gasteiger partial charge on any atom is -0.356 e. The number of hydrogen-bond acceptors (Lipinski definition) is 4. The van der Waals surface area contributed by atoms with Crippen LogP contribution in [0, 0.1) is 6.92 Å². The molecule has 2 aromatic rings. The summed E-state index contributed by atoms with van der Waals surface area (Å²) in [5, 5.41) is 3.91. The molecular weight excluding hydrogens is 226 g/mol. The number of aryl methyl sites for hydroxylation is 2. The summed E-state index contributed by atoms with van der Waals surface area (Å²) in [5.74, 6) is 1.60. The molecule has 18 heavy (non-hydrogen) atoms. The molecule has 0 aliphatic carbocycles. The van der Waals surface area contributed by atoms with E-state index in [1.165, 1.54) is 0 Å². The fourth-order valence-corrected chi connectivity index (χ4v) is 1.74. The van der Waals surface area contributed by atoms with Crippen LogP contribution in [0.2, 0.25) is 0 Å². The SMILES string of the molecule is CCc1nc(C(C)(C)C)ncc1-c1cc(C)no1. The molecule has 2 rings (SSSR count). The van der Waals surface area contributed by atoms with Crippen LogP contribution in [0.3, 0.4) is 0 Å². The van der Waals surface area contributed by atoms with Crippen molar-refractivity contribution in [2.75, 3.05) is 0 Å². The predicted molar refractivity (Wildman–Crippen MR) is 70.3 cm³/mol. The molecule has 96 valence electrons. The first-order valence-electron chi connectivity index (χ1n) is 6.22. The van der Waals surface area contributed by atoms with E-state index in [0.29, 0.717) is 0 Å². The van der Waals surface area contributed by atoms with Crippen molar-refractivity contribution < 1.29 is 4.52 Å². The summed E-state index contributed by atoms with van der Waals surface area (Å²) in [4.78, 5) is 9.09. The van der Waals surface area contributed by atoms with E-state index in [4.69, 9.17) is 4.52 Å². The summed E-state index contributed by atoms with van der Waals surface area (Å²) in [6, 6.07) is 1.91. The van der Waals surface area contributed by atoms with Gasteiger partial charge in [0.1, 0.15) is 5.82 Å². The smallest absolute Gasteiger partial charge is 0.170 e. The van der Waals surface area contributed by atoms with Crippen LogP contribution in [-0.2, 0) is 11.8 Å². The first-order valence-corrected chi connectivity index (χ1v) is 6.22. The van der Waals surface area contributed by atoms with Gasteiger partial charge in [0.2, 0.25) is 0 Å². The molecule has 0 amide bonds.